The van der Waals surface area contributed by atoms with Crippen molar-refractivity contribution < 1.29 is 4.42 Å². The first-order valence-electron chi connectivity index (χ1n) is 6.95. The van der Waals surface area contributed by atoms with Gasteiger partial charge in [0.25, 0.3) is 0 Å². The molecule has 2 aromatic heterocycles. The van der Waals surface area contributed by atoms with Crippen LogP contribution >= 0.6 is 0 Å². The highest BCUT2D eigenvalue weighted by Gasteiger charge is 2.17. The SMILES string of the molecule is c1ccc2c(c1)oc1c(N3CCCCC3)ccnc12. The first-order valence-corrected chi connectivity index (χ1v) is 6.95. The third-order valence-electron chi connectivity index (χ3n) is 3.93. The third-order valence-corrected chi connectivity index (χ3v) is 3.93. The molecule has 1 saturated heterocycles. The number of furan rings is 1. The van der Waals surface area contributed by atoms with Crippen LogP contribution < -0.4 is 4.90 Å². The van der Waals surface area contributed by atoms with Gasteiger partial charge in [0.05, 0.1) is 5.69 Å². The van der Waals surface area contributed by atoms with Crippen molar-refractivity contribution in [2.75, 3.05) is 18.0 Å². The van der Waals surface area contributed by atoms with Crippen molar-refractivity contribution in [2.24, 2.45) is 0 Å². The maximum atomic E-state index is 6.03. The molecule has 3 nitrogen and oxygen atoms in total. The molecule has 1 aromatic carbocycles. The topological polar surface area (TPSA) is 29.3 Å². The van der Waals surface area contributed by atoms with Gasteiger partial charge in [0, 0.05) is 24.7 Å². The lowest BCUT2D eigenvalue weighted by molar-refractivity contribution is 0.574. The lowest BCUT2D eigenvalue weighted by atomic mass is 10.1. The summed E-state index contributed by atoms with van der Waals surface area (Å²) in [6.45, 7) is 2.24. The van der Waals surface area contributed by atoms with Crippen LogP contribution in [-0.2, 0) is 0 Å². The first kappa shape index (κ1) is 10.9. The van der Waals surface area contributed by atoms with E-state index in [4.69, 9.17) is 4.42 Å². The van der Waals surface area contributed by atoms with Crippen molar-refractivity contribution in [3.8, 4) is 0 Å². The van der Waals surface area contributed by atoms with Crippen molar-refractivity contribution in [3.63, 3.8) is 0 Å². The van der Waals surface area contributed by atoms with Crippen molar-refractivity contribution in [2.45, 2.75) is 19.3 Å². The molecule has 19 heavy (non-hydrogen) atoms. The minimum absolute atomic E-state index is 0.925. The molecular formula is C16H16N2O. The number of aromatic nitrogens is 1. The van der Waals surface area contributed by atoms with Gasteiger partial charge in [0.1, 0.15) is 11.1 Å². The second-order valence-electron chi connectivity index (χ2n) is 5.15. The van der Waals surface area contributed by atoms with E-state index in [0.717, 1.165) is 35.2 Å². The van der Waals surface area contributed by atoms with Crippen LogP contribution in [0.3, 0.4) is 0 Å². The monoisotopic (exact) mass is 252 g/mol. The maximum absolute atomic E-state index is 6.03. The van der Waals surface area contributed by atoms with Gasteiger partial charge in [-0.3, -0.25) is 4.98 Å². The van der Waals surface area contributed by atoms with Gasteiger partial charge in [-0.1, -0.05) is 12.1 Å². The van der Waals surface area contributed by atoms with Crippen LogP contribution in [-0.4, -0.2) is 18.1 Å². The molecule has 1 fully saturated rings. The smallest absolute Gasteiger partial charge is 0.177 e. The summed E-state index contributed by atoms with van der Waals surface area (Å²) in [5.41, 5.74) is 4.04. The Hall–Kier alpha value is -2.03. The fourth-order valence-corrected chi connectivity index (χ4v) is 2.98. The van der Waals surface area contributed by atoms with Crippen molar-refractivity contribution >= 4 is 27.8 Å². The molecule has 4 rings (SSSR count). The van der Waals surface area contributed by atoms with Crippen LogP contribution in [0.2, 0.25) is 0 Å². The highest BCUT2D eigenvalue weighted by Crippen LogP contribution is 2.34. The number of benzene rings is 1. The molecule has 1 aliphatic heterocycles. The molecule has 1 aliphatic rings. The van der Waals surface area contributed by atoms with E-state index in [-0.39, 0.29) is 0 Å². The Morgan fingerprint density at radius 1 is 1.00 bits per heavy atom. The fraction of sp³-hybridized carbons (Fsp3) is 0.312. The third kappa shape index (κ3) is 1.69. The van der Waals surface area contributed by atoms with E-state index in [1.54, 1.807) is 0 Å². The number of para-hydroxylation sites is 1. The Morgan fingerprint density at radius 3 is 2.74 bits per heavy atom. The number of anilines is 1. The van der Waals surface area contributed by atoms with Crippen LogP contribution in [0.25, 0.3) is 22.1 Å². The first-order chi connectivity index (χ1) is 9.43. The Balaban J connectivity index is 1.95. The largest absolute Gasteiger partial charge is 0.452 e. The number of fused-ring (bicyclic) bond motifs is 3. The Kier molecular flexibility index (Phi) is 2.44. The molecule has 0 saturated carbocycles. The van der Waals surface area contributed by atoms with Crippen LogP contribution in [0.5, 0.6) is 0 Å². The summed E-state index contributed by atoms with van der Waals surface area (Å²) in [4.78, 5) is 6.93. The summed E-state index contributed by atoms with van der Waals surface area (Å²) in [6, 6.07) is 10.2. The Morgan fingerprint density at radius 2 is 1.84 bits per heavy atom. The Bertz CT molecular complexity index is 726. The van der Waals surface area contributed by atoms with Crippen molar-refractivity contribution in [1.29, 1.82) is 0 Å². The molecule has 0 N–H and O–H groups in total. The number of piperidine rings is 1. The van der Waals surface area contributed by atoms with E-state index >= 15 is 0 Å². The van der Waals surface area contributed by atoms with Gasteiger partial charge in [0.2, 0.25) is 0 Å². The summed E-state index contributed by atoms with van der Waals surface area (Å²) in [5, 5.41) is 1.11. The number of pyridine rings is 1. The molecule has 0 unspecified atom stereocenters. The molecule has 0 spiro atoms. The highest BCUT2D eigenvalue weighted by atomic mass is 16.3. The molecule has 0 aliphatic carbocycles. The van der Waals surface area contributed by atoms with Crippen LogP contribution in [0.1, 0.15) is 19.3 Å². The number of nitrogens with zero attached hydrogens (tertiary/aromatic N) is 2. The second kappa shape index (κ2) is 4.26. The predicted molar refractivity (Wildman–Crippen MR) is 77.6 cm³/mol. The summed E-state index contributed by atoms with van der Waals surface area (Å²) in [5.74, 6) is 0. The average molecular weight is 252 g/mol. The zero-order chi connectivity index (χ0) is 12.7. The van der Waals surface area contributed by atoms with Gasteiger partial charge >= 0.3 is 0 Å². The van der Waals surface area contributed by atoms with Gasteiger partial charge in [-0.2, -0.15) is 0 Å². The lowest BCUT2D eigenvalue weighted by Gasteiger charge is -2.28. The second-order valence-corrected chi connectivity index (χ2v) is 5.15. The molecule has 0 atom stereocenters. The summed E-state index contributed by atoms with van der Waals surface area (Å²) >= 11 is 0. The predicted octanol–water partition coefficient (Wildman–Crippen LogP) is 3.97. The van der Waals surface area contributed by atoms with E-state index in [0.29, 0.717) is 0 Å². The zero-order valence-corrected chi connectivity index (χ0v) is 10.8. The van der Waals surface area contributed by atoms with E-state index < -0.39 is 0 Å². The highest BCUT2D eigenvalue weighted by molar-refractivity contribution is 6.06. The molecule has 3 heteroatoms. The normalized spacial score (nSPS) is 16.3. The maximum Gasteiger partial charge on any atom is 0.177 e. The number of rotatable bonds is 1. The molecule has 3 heterocycles. The molecular weight excluding hydrogens is 236 g/mol. The Labute approximate surface area is 111 Å². The lowest BCUT2D eigenvalue weighted by Crippen LogP contribution is -2.29. The summed E-state index contributed by atoms with van der Waals surface area (Å²) in [6.07, 6.45) is 5.77. The number of hydrogen-bond donors (Lipinski definition) is 0. The van der Waals surface area contributed by atoms with Gasteiger partial charge in [0.15, 0.2) is 5.58 Å². The van der Waals surface area contributed by atoms with Gasteiger partial charge < -0.3 is 9.32 Å². The van der Waals surface area contributed by atoms with Crippen molar-refractivity contribution in [1.82, 2.24) is 4.98 Å². The van der Waals surface area contributed by atoms with E-state index in [2.05, 4.69) is 22.0 Å². The molecule has 3 aromatic rings. The quantitative estimate of drug-likeness (QED) is 0.656. The van der Waals surface area contributed by atoms with Crippen LogP contribution in [0.4, 0.5) is 5.69 Å². The van der Waals surface area contributed by atoms with E-state index in [9.17, 15) is 0 Å². The molecule has 96 valence electrons. The van der Waals surface area contributed by atoms with Gasteiger partial charge in [-0.25, -0.2) is 0 Å². The molecule has 0 amide bonds. The molecule has 0 bridgehead atoms. The van der Waals surface area contributed by atoms with Crippen LogP contribution in [0, 0.1) is 0 Å². The molecule has 0 radical (unpaired) electrons. The van der Waals surface area contributed by atoms with Gasteiger partial charge in [-0.05, 0) is 37.5 Å². The fourth-order valence-electron chi connectivity index (χ4n) is 2.98. The van der Waals surface area contributed by atoms with Gasteiger partial charge in [-0.15, -0.1) is 0 Å². The number of hydrogen-bond acceptors (Lipinski definition) is 3. The van der Waals surface area contributed by atoms with Crippen molar-refractivity contribution in [3.05, 3.63) is 36.5 Å². The van der Waals surface area contributed by atoms with E-state index in [1.807, 2.05) is 24.4 Å². The minimum Gasteiger partial charge on any atom is -0.452 e. The summed E-state index contributed by atoms with van der Waals surface area (Å²) < 4.78 is 6.03. The zero-order valence-electron chi connectivity index (χ0n) is 10.8. The standard InChI is InChI=1S/C16H16N2O/c1-4-10-18(11-5-1)13-8-9-17-15-12-6-2-3-7-14(12)19-16(13)15/h2-3,6-9H,1,4-5,10-11H2. The van der Waals surface area contributed by atoms with Crippen LogP contribution in [0.15, 0.2) is 40.9 Å². The summed E-state index contributed by atoms with van der Waals surface area (Å²) in [7, 11) is 0. The van der Waals surface area contributed by atoms with E-state index in [1.165, 1.54) is 24.9 Å². The minimum atomic E-state index is 0.925. The average Bonchev–Trinajstić information content (AvgIpc) is 2.87.